The molecule has 1 atom stereocenters. The van der Waals surface area contributed by atoms with Gasteiger partial charge in [0, 0.05) is 5.54 Å². The van der Waals surface area contributed by atoms with Gasteiger partial charge in [0.2, 0.25) is 0 Å². The molecular weight excluding hydrogens is 226 g/mol. The van der Waals surface area contributed by atoms with Gasteiger partial charge < -0.3 is 5.32 Å². The SMILES string of the molecule is CC(C)CCC(C)n1nnnc1CNC(C)(C)C. The van der Waals surface area contributed by atoms with Gasteiger partial charge in [-0.2, -0.15) is 0 Å². The lowest BCUT2D eigenvalue weighted by Gasteiger charge is -2.21. The molecule has 104 valence electrons. The molecule has 1 aromatic heterocycles. The quantitative estimate of drug-likeness (QED) is 0.846. The zero-order valence-electron chi connectivity index (χ0n) is 12.6. The van der Waals surface area contributed by atoms with Crippen molar-refractivity contribution in [1.29, 1.82) is 0 Å². The highest BCUT2D eigenvalue weighted by atomic mass is 15.6. The number of rotatable bonds is 6. The minimum Gasteiger partial charge on any atom is -0.305 e. The Bertz CT molecular complexity index is 351. The summed E-state index contributed by atoms with van der Waals surface area (Å²) in [5, 5.41) is 15.4. The number of nitrogens with zero attached hydrogens (tertiary/aromatic N) is 4. The molecule has 5 heteroatoms. The molecule has 0 saturated heterocycles. The largest absolute Gasteiger partial charge is 0.305 e. The second-order valence-electron chi connectivity index (χ2n) is 6.46. The van der Waals surface area contributed by atoms with Crippen molar-refractivity contribution < 1.29 is 0 Å². The van der Waals surface area contributed by atoms with Crippen molar-refractivity contribution in [3.8, 4) is 0 Å². The second kappa shape index (κ2) is 6.27. The van der Waals surface area contributed by atoms with E-state index in [0.29, 0.717) is 12.6 Å². The second-order valence-corrected chi connectivity index (χ2v) is 6.46. The van der Waals surface area contributed by atoms with E-state index in [1.807, 2.05) is 4.68 Å². The van der Waals surface area contributed by atoms with E-state index >= 15 is 0 Å². The maximum atomic E-state index is 4.11. The number of nitrogens with one attached hydrogen (secondary N) is 1. The minimum absolute atomic E-state index is 0.0813. The highest BCUT2D eigenvalue weighted by molar-refractivity contribution is 4.85. The Hall–Kier alpha value is -0.970. The van der Waals surface area contributed by atoms with Crippen LogP contribution in [0.25, 0.3) is 0 Å². The summed E-state index contributed by atoms with van der Waals surface area (Å²) in [6.07, 6.45) is 2.32. The van der Waals surface area contributed by atoms with Crippen LogP contribution in [-0.2, 0) is 6.54 Å². The summed E-state index contributed by atoms with van der Waals surface area (Å²) in [7, 11) is 0. The van der Waals surface area contributed by atoms with E-state index < -0.39 is 0 Å². The Balaban J connectivity index is 2.58. The van der Waals surface area contributed by atoms with Crippen LogP contribution in [0.15, 0.2) is 0 Å². The highest BCUT2D eigenvalue weighted by Gasteiger charge is 2.16. The molecule has 0 saturated carbocycles. The van der Waals surface area contributed by atoms with Crippen LogP contribution in [0.3, 0.4) is 0 Å². The Morgan fingerprint density at radius 2 is 1.83 bits per heavy atom. The summed E-state index contributed by atoms with van der Waals surface area (Å²) >= 11 is 0. The summed E-state index contributed by atoms with van der Waals surface area (Å²) in [4.78, 5) is 0. The summed E-state index contributed by atoms with van der Waals surface area (Å²) in [5.41, 5.74) is 0.0813. The first kappa shape index (κ1) is 15.1. The Labute approximate surface area is 110 Å². The fourth-order valence-electron chi connectivity index (χ4n) is 1.71. The van der Waals surface area contributed by atoms with Crippen molar-refractivity contribution >= 4 is 0 Å². The molecule has 1 heterocycles. The molecule has 0 spiro atoms. The standard InChI is InChI=1S/C13H27N5/c1-10(2)7-8-11(3)18-12(15-16-17-18)9-14-13(4,5)6/h10-11,14H,7-9H2,1-6H3. The topological polar surface area (TPSA) is 55.6 Å². The van der Waals surface area contributed by atoms with E-state index in [4.69, 9.17) is 0 Å². The molecule has 0 radical (unpaired) electrons. The van der Waals surface area contributed by atoms with Crippen LogP contribution in [0, 0.1) is 5.92 Å². The fraction of sp³-hybridized carbons (Fsp3) is 0.923. The van der Waals surface area contributed by atoms with E-state index in [1.165, 1.54) is 6.42 Å². The van der Waals surface area contributed by atoms with Gasteiger partial charge in [-0.15, -0.1) is 5.10 Å². The van der Waals surface area contributed by atoms with Gasteiger partial charge >= 0.3 is 0 Å². The Kier molecular flexibility index (Phi) is 5.26. The summed E-state index contributed by atoms with van der Waals surface area (Å²) in [6, 6.07) is 0.360. The molecular formula is C13H27N5. The zero-order valence-corrected chi connectivity index (χ0v) is 12.6. The van der Waals surface area contributed by atoms with Gasteiger partial charge in [0.1, 0.15) is 0 Å². The molecule has 18 heavy (non-hydrogen) atoms. The molecule has 0 aliphatic carbocycles. The Morgan fingerprint density at radius 1 is 1.17 bits per heavy atom. The Morgan fingerprint density at radius 3 is 2.39 bits per heavy atom. The lowest BCUT2D eigenvalue weighted by molar-refractivity contribution is 0.370. The number of hydrogen-bond donors (Lipinski definition) is 1. The summed E-state index contributed by atoms with van der Waals surface area (Å²) < 4.78 is 1.95. The normalized spacial score (nSPS) is 14.2. The van der Waals surface area contributed by atoms with Gasteiger partial charge in [-0.25, -0.2) is 4.68 Å². The lowest BCUT2D eigenvalue weighted by atomic mass is 10.0. The van der Waals surface area contributed by atoms with Gasteiger partial charge in [-0.3, -0.25) is 0 Å². The van der Waals surface area contributed by atoms with Crippen molar-refractivity contribution in [2.75, 3.05) is 0 Å². The van der Waals surface area contributed by atoms with E-state index in [1.54, 1.807) is 0 Å². The lowest BCUT2D eigenvalue weighted by Crippen LogP contribution is -2.36. The molecule has 1 rings (SSSR count). The maximum Gasteiger partial charge on any atom is 0.165 e. The van der Waals surface area contributed by atoms with Crippen LogP contribution in [0.1, 0.15) is 66.3 Å². The smallest absolute Gasteiger partial charge is 0.165 e. The van der Waals surface area contributed by atoms with Crippen molar-refractivity contribution in [3.63, 3.8) is 0 Å². The molecule has 1 N–H and O–H groups in total. The van der Waals surface area contributed by atoms with Crippen LogP contribution >= 0.6 is 0 Å². The van der Waals surface area contributed by atoms with E-state index in [9.17, 15) is 0 Å². The van der Waals surface area contributed by atoms with Gasteiger partial charge in [0.25, 0.3) is 0 Å². The van der Waals surface area contributed by atoms with Crippen molar-refractivity contribution in [3.05, 3.63) is 5.82 Å². The summed E-state index contributed by atoms with van der Waals surface area (Å²) in [5.74, 6) is 1.64. The molecule has 1 aromatic rings. The third kappa shape index (κ3) is 5.12. The van der Waals surface area contributed by atoms with Crippen molar-refractivity contribution in [2.24, 2.45) is 5.92 Å². The van der Waals surface area contributed by atoms with E-state index in [-0.39, 0.29) is 5.54 Å². The number of aromatic nitrogens is 4. The molecule has 0 fully saturated rings. The monoisotopic (exact) mass is 253 g/mol. The van der Waals surface area contributed by atoms with Crippen molar-refractivity contribution in [2.45, 2.75) is 72.5 Å². The first-order chi connectivity index (χ1) is 8.29. The van der Waals surface area contributed by atoms with Crippen LogP contribution in [0.5, 0.6) is 0 Å². The van der Waals surface area contributed by atoms with Crippen molar-refractivity contribution in [1.82, 2.24) is 25.5 Å². The first-order valence-corrected chi connectivity index (χ1v) is 6.81. The van der Waals surface area contributed by atoms with Gasteiger partial charge in [-0.1, -0.05) is 13.8 Å². The molecule has 0 aliphatic heterocycles. The van der Waals surface area contributed by atoms with Crippen LogP contribution in [0.4, 0.5) is 0 Å². The molecule has 0 aliphatic rings. The van der Waals surface area contributed by atoms with Gasteiger partial charge in [0.05, 0.1) is 12.6 Å². The maximum absolute atomic E-state index is 4.11. The average Bonchev–Trinajstić information content (AvgIpc) is 2.70. The predicted molar refractivity (Wildman–Crippen MR) is 73.2 cm³/mol. The zero-order chi connectivity index (χ0) is 13.8. The van der Waals surface area contributed by atoms with Crippen LogP contribution in [-0.4, -0.2) is 25.7 Å². The molecule has 0 amide bonds. The van der Waals surface area contributed by atoms with Gasteiger partial charge in [-0.05, 0) is 56.9 Å². The first-order valence-electron chi connectivity index (χ1n) is 6.81. The molecule has 5 nitrogen and oxygen atoms in total. The van der Waals surface area contributed by atoms with E-state index in [0.717, 1.165) is 18.2 Å². The number of hydrogen-bond acceptors (Lipinski definition) is 4. The third-order valence-corrected chi connectivity index (χ3v) is 2.92. The van der Waals surface area contributed by atoms with Gasteiger partial charge in [0.15, 0.2) is 5.82 Å². The highest BCUT2D eigenvalue weighted by Crippen LogP contribution is 2.16. The third-order valence-electron chi connectivity index (χ3n) is 2.92. The predicted octanol–water partition coefficient (Wildman–Crippen LogP) is 2.56. The van der Waals surface area contributed by atoms with E-state index in [2.05, 4.69) is 62.4 Å². The van der Waals surface area contributed by atoms with Crippen LogP contribution < -0.4 is 5.32 Å². The average molecular weight is 253 g/mol. The number of tetrazole rings is 1. The summed E-state index contributed by atoms with van der Waals surface area (Å²) in [6.45, 7) is 13.8. The molecule has 1 unspecified atom stereocenters. The molecule has 0 bridgehead atoms. The molecule has 0 aromatic carbocycles. The fourth-order valence-corrected chi connectivity index (χ4v) is 1.71. The minimum atomic E-state index is 0.0813. The van der Waals surface area contributed by atoms with Crippen LogP contribution in [0.2, 0.25) is 0 Å².